The molecule has 3 aromatic carbocycles. The van der Waals surface area contributed by atoms with Gasteiger partial charge < -0.3 is 4.42 Å². The molecule has 5 rings (SSSR count). The summed E-state index contributed by atoms with van der Waals surface area (Å²) in [5, 5.41) is 3.81. The average molecular weight is 479 g/mol. The van der Waals surface area contributed by atoms with Gasteiger partial charge in [0.15, 0.2) is 6.20 Å². The normalized spacial score (nSPS) is 12.6. The van der Waals surface area contributed by atoms with E-state index in [1.807, 2.05) is 0 Å². The van der Waals surface area contributed by atoms with E-state index in [2.05, 4.69) is 132 Å². The van der Waals surface area contributed by atoms with Gasteiger partial charge in [-0.05, 0) is 40.3 Å². The second kappa shape index (κ2) is 8.20. The molecule has 0 aliphatic carbocycles. The third-order valence-corrected chi connectivity index (χ3v) is 9.21. The predicted octanol–water partition coefficient (Wildman–Crippen LogP) is 7.90. The van der Waals surface area contributed by atoms with Crippen LogP contribution in [0.25, 0.3) is 44.3 Å². The maximum absolute atomic E-state index is 6.90. The molecular weight excluding hydrogens is 442 g/mol. The van der Waals surface area contributed by atoms with E-state index in [1.165, 1.54) is 43.8 Å². The van der Waals surface area contributed by atoms with Crippen molar-refractivity contribution in [2.45, 2.75) is 52.8 Å². The quantitative estimate of drug-likeness (QED) is 0.190. The molecule has 0 amide bonds. The van der Waals surface area contributed by atoms with Crippen LogP contribution in [-0.2, 0) is 12.5 Å². The molecule has 2 aromatic heterocycles. The second-order valence-electron chi connectivity index (χ2n) is 11.9. The number of hydrogen-bond acceptors (Lipinski definition) is 1. The molecule has 0 aliphatic heterocycles. The van der Waals surface area contributed by atoms with Crippen LogP contribution in [0.5, 0.6) is 0 Å². The number of aromatic nitrogens is 1. The summed E-state index contributed by atoms with van der Waals surface area (Å²) in [7, 11) is 0.460. The molecule has 35 heavy (non-hydrogen) atoms. The van der Waals surface area contributed by atoms with Gasteiger partial charge in [0.05, 0.1) is 13.6 Å². The predicted molar refractivity (Wildman–Crippen MR) is 152 cm³/mol. The van der Waals surface area contributed by atoms with E-state index in [0.717, 1.165) is 16.9 Å². The molecule has 0 fully saturated rings. The zero-order chi connectivity index (χ0) is 25.1. The summed E-state index contributed by atoms with van der Waals surface area (Å²) in [6.07, 6.45) is 2.10. The molecule has 3 heteroatoms. The minimum atomic E-state index is -1.64. The summed E-state index contributed by atoms with van der Waals surface area (Å²) in [6.45, 7) is 16.2. The number of rotatable bonds is 3. The van der Waals surface area contributed by atoms with E-state index < -0.39 is 8.07 Å². The van der Waals surface area contributed by atoms with Gasteiger partial charge in [-0.2, -0.15) is 0 Å². The highest BCUT2D eigenvalue weighted by Gasteiger charge is 2.27. The summed E-state index contributed by atoms with van der Waals surface area (Å²) in [5.74, 6) is 0. The summed E-state index contributed by atoms with van der Waals surface area (Å²) >= 11 is 0. The fourth-order valence-corrected chi connectivity index (χ4v) is 6.74. The number of benzene rings is 3. The summed E-state index contributed by atoms with van der Waals surface area (Å²) in [6, 6.07) is 24.6. The Morgan fingerprint density at radius 2 is 1.37 bits per heavy atom. The number of nitrogens with zero attached hydrogens (tertiary/aromatic N) is 1. The van der Waals surface area contributed by atoms with Gasteiger partial charge in [0, 0.05) is 28.5 Å². The fraction of sp³-hybridized carbons (Fsp3) is 0.281. The van der Waals surface area contributed by atoms with Crippen LogP contribution in [-0.4, -0.2) is 8.07 Å². The Labute approximate surface area is 210 Å². The van der Waals surface area contributed by atoms with Gasteiger partial charge in [0.25, 0.3) is 0 Å². The van der Waals surface area contributed by atoms with Crippen LogP contribution in [0.4, 0.5) is 0 Å². The Morgan fingerprint density at radius 1 is 0.743 bits per heavy atom. The number of furan rings is 1. The largest absolute Gasteiger partial charge is 0.455 e. The zero-order valence-corrected chi connectivity index (χ0v) is 23.3. The van der Waals surface area contributed by atoms with E-state index in [1.54, 1.807) is 0 Å². The molecular formula is C32H36NOSi+. The van der Waals surface area contributed by atoms with Gasteiger partial charge in [0.1, 0.15) is 18.2 Å². The monoisotopic (exact) mass is 478 g/mol. The Kier molecular flexibility index (Phi) is 5.52. The van der Waals surface area contributed by atoms with Gasteiger partial charge in [-0.1, -0.05) is 88.9 Å². The van der Waals surface area contributed by atoms with Crippen LogP contribution in [0.3, 0.4) is 0 Å². The molecule has 5 aromatic rings. The van der Waals surface area contributed by atoms with Crippen molar-refractivity contribution in [1.29, 1.82) is 0 Å². The molecule has 0 bridgehead atoms. The first kappa shape index (κ1) is 23.6. The number of fused-ring (bicyclic) bond motifs is 3. The van der Waals surface area contributed by atoms with Crippen molar-refractivity contribution >= 4 is 35.2 Å². The van der Waals surface area contributed by atoms with E-state index in [9.17, 15) is 0 Å². The van der Waals surface area contributed by atoms with Gasteiger partial charge in [-0.3, -0.25) is 0 Å². The lowest BCUT2D eigenvalue weighted by Crippen LogP contribution is -2.39. The Morgan fingerprint density at radius 3 is 1.97 bits per heavy atom. The van der Waals surface area contributed by atoms with Crippen molar-refractivity contribution in [2.75, 3.05) is 0 Å². The highest BCUT2D eigenvalue weighted by atomic mass is 28.3. The lowest BCUT2D eigenvalue weighted by Gasteiger charge is -2.23. The van der Waals surface area contributed by atoms with Gasteiger partial charge in [-0.25, -0.2) is 4.57 Å². The van der Waals surface area contributed by atoms with Gasteiger partial charge in [0.2, 0.25) is 5.69 Å². The summed E-state index contributed by atoms with van der Waals surface area (Å²) < 4.78 is 9.08. The SMILES string of the molecule is Cc1ccc2c(oc3c(-c4ccc(C(C)(C)C)cc4)c([Si](C)(C)C)ccc32)c1-c1cccc[n+]1C. The van der Waals surface area contributed by atoms with E-state index in [-0.39, 0.29) is 5.41 Å². The standard InChI is InChI=1S/C32H36NOSi/c1-21-12-17-24-25-18-19-27(35(6,7)8)29(22-13-15-23(16-14-22)32(2,3)4)31(25)34-30(24)28(21)26-11-9-10-20-33(26)5/h9-20H,1-8H3/q+1. The smallest absolute Gasteiger partial charge is 0.216 e. The van der Waals surface area contributed by atoms with Crippen LogP contribution in [0.2, 0.25) is 19.6 Å². The minimum absolute atomic E-state index is 0.128. The first-order chi connectivity index (χ1) is 16.5. The Bertz CT molecular complexity index is 1560. The van der Waals surface area contributed by atoms with Crippen LogP contribution in [0.1, 0.15) is 31.9 Å². The maximum atomic E-state index is 6.90. The van der Waals surface area contributed by atoms with Gasteiger partial charge in [-0.15, -0.1) is 0 Å². The van der Waals surface area contributed by atoms with E-state index in [0.29, 0.717) is 0 Å². The molecule has 0 saturated carbocycles. The van der Waals surface area contributed by atoms with Crippen LogP contribution in [0.15, 0.2) is 77.3 Å². The fourth-order valence-electron chi connectivity index (χ4n) is 5.15. The molecule has 0 N–H and O–H groups in total. The molecule has 0 unspecified atom stereocenters. The van der Waals surface area contributed by atoms with Crippen molar-refractivity contribution in [3.63, 3.8) is 0 Å². The topological polar surface area (TPSA) is 17.0 Å². The highest BCUT2D eigenvalue weighted by Crippen LogP contribution is 2.40. The molecule has 0 spiro atoms. The van der Waals surface area contributed by atoms with Crippen molar-refractivity contribution in [3.05, 3.63) is 84.1 Å². The highest BCUT2D eigenvalue weighted by molar-refractivity contribution is 6.90. The molecule has 0 radical (unpaired) electrons. The van der Waals surface area contributed by atoms with Crippen molar-refractivity contribution < 1.29 is 8.98 Å². The lowest BCUT2D eigenvalue weighted by molar-refractivity contribution is -0.660. The van der Waals surface area contributed by atoms with Crippen LogP contribution >= 0.6 is 0 Å². The molecule has 0 aliphatic rings. The summed E-state index contributed by atoms with van der Waals surface area (Å²) in [5.41, 5.74) is 9.52. The van der Waals surface area contributed by atoms with Crippen molar-refractivity contribution in [1.82, 2.24) is 0 Å². The minimum Gasteiger partial charge on any atom is -0.455 e. The van der Waals surface area contributed by atoms with Crippen molar-refractivity contribution in [3.8, 4) is 22.4 Å². The summed E-state index contributed by atoms with van der Waals surface area (Å²) in [4.78, 5) is 0. The molecule has 0 saturated heterocycles. The first-order valence-corrected chi connectivity index (χ1v) is 16.0. The van der Waals surface area contributed by atoms with Crippen LogP contribution < -0.4 is 9.75 Å². The number of hydrogen-bond donors (Lipinski definition) is 0. The van der Waals surface area contributed by atoms with Crippen molar-refractivity contribution in [2.24, 2.45) is 7.05 Å². The Hall–Kier alpha value is -3.17. The number of pyridine rings is 1. The Balaban J connectivity index is 1.87. The molecule has 2 nitrogen and oxygen atoms in total. The lowest BCUT2D eigenvalue weighted by atomic mass is 9.86. The number of aryl methyl sites for hydroxylation is 2. The first-order valence-electron chi connectivity index (χ1n) is 12.5. The zero-order valence-electron chi connectivity index (χ0n) is 22.3. The average Bonchev–Trinajstić information content (AvgIpc) is 3.16. The molecule has 2 heterocycles. The molecule has 178 valence electrons. The second-order valence-corrected chi connectivity index (χ2v) is 16.9. The van der Waals surface area contributed by atoms with Crippen LogP contribution in [0, 0.1) is 6.92 Å². The third kappa shape index (κ3) is 4.02. The van der Waals surface area contributed by atoms with E-state index >= 15 is 0 Å². The molecule has 0 atom stereocenters. The third-order valence-electron chi connectivity index (χ3n) is 7.18. The van der Waals surface area contributed by atoms with Gasteiger partial charge >= 0.3 is 0 Å². The maximum Gasteiger partial charge on any atom is 0.216 e. The van der Waals surface area contributed by atoms with E-state index in [4.69, 9.17) is 4.42 Å².